The lowest BCUT2D eigenvalue weighted by Gasteiger charge is -2.11. The van der Waals surface area contributed by atoms with Crippen LogP contribution in [0.15, 0.2) is 42.5 Å². The first kappa shape index (κ1) is 16.0. The van der Waals surface area contributed by atoms with Crippen LogP contribution in [0.1, 0.15) is 33.6 Å². The van der Waals surface area contributed by atoms with E-state index in [1.165, 1.54) is 19.2 Å². The quantitative estimate of drug-likeness (QED) is 0.887. The number of para-hydroxylation sites is 1. The van der Waals surface area contributed by atoms with Gasteiger partial charge in [0.05, 0.1) is 18.4 Å². The Balaban J connectivity index is 1.79. The monoisotopic (exact) mass is 328 g/mol. The van der Waals surface area contributed by atoms with E-state index >= 15 is 0 Å². The van der Waals surface area contributed by atoms with Gasteiger partial charge >= 0.3 is 0 Å². The molecule has 0 bridgehead atoms. The highest BCUT2D eigenvalue weighted by molar-refractivity contribution is 6.09. The van der Waals surface area contributed by atoms with Crippen molar-refractivity contribution in [2.75, 3.05) is 12.4 Å². The van der Waals surface area contributed by atoms with Crippen LogP contribution in [0.3, 0.4) is 0 Å². The second kappa shape index (κ2) is 6.70. The number of benzene rings is 2. The van der Waals surface area contributed by atoms with E-state index in [2.05, 4.69) is 10.6 Å². The lowest BCUT2D eigenvalue weighted by molar-refractivity contribution is 0.0952. The number of carbonyl (C=O) groups excluding carboxylic acids is 2. The highest BCUT2D eigenvalue weighted by Crippen LogP contribution is 2.23. The van der Waals surface area contributed by atoms with Gasteiger partial charge in [-0.1, -0.05) is 12.1 Å². The Kier molecular flexibility index (Phi) is 4.46. The normalized spacial score (nSPS) is 13.2. The fourth-order valence-electron chi connectivity index (χ4n) is 2.28. The van der Waals surface area contributed by atoms with Crippen molar-refractivity contribution >= 4 is 17.5 Å². The fraction of sp³-hybridized carbons (Fsp3) is 0.222. The van der Waals surface area contributed by atoms with Crippen LogP contribution in [0, 0.1) is 5.82 Å². The Bertz CT molecular complexity index is 788. The predicted molar refractivity (Wildman–Crippen MR) is 87.8 cm³/mol. The lowest BCUT2D eigenvalue weighted by atomic mass is 10.1. The van der Waals surface area contributed by atoms with E-state index in [0.717, 1.165) is 18.9 Å². The molecule has 6 heteroatoms. The van der Waals surface area contributed by atoms with E-state index in [0.29, 0.717) is 11.3 Å². The van der Waals surface area contributed by atoms with Gasteiger partial charge in [0.2, 0.25) is 0 Å². The average molecular weight is 328 g/mol. The summed E-state index contributed by atoms with van der Waals surface area (Å²) in [5.41, 5.74) is 0.911. The number of carbonyl (C=O) groups is 2. The Morgan fingerprint density at radius 2 is 1.88 bits per heavy atom. The number of methoxy groups -OCH3 is 1. The minimum Gasteiger partial charge on any atom is -0.494 e. The van der Waals surface area contributed by atoms with E-state index in [1.54, 1.807) is 24.3 Å². The zero-order valence-electron chi connectivity index (χ0n) is 13.1. The summed E-state index contributed by atoms with van der Waals surface area (Å²) in [7, 11) is 1.35. The van der Waals surface area contributed by atoms with Gasteiger partial charge in [-0.3, -0.25) is 9.59 Å². The van der Waals surface area contributed by atoms with Crippen molar-refractivity contribution < 1.29 is 18.7 Å². The van der Waals surface area contributed by atoms with E-state index < -0.39 is 11.7 Å². The summed E-state index contributed by atoms with van der Waals surface area (Å²) in [6, 6.07) is 10.9. The van der Waals surface area contributed by atoms with Crippen molar-refractivity contribution in [3.63, 3.8) is 0 Å². The Morgan fingerprint density at radius 1 is 1.12 bits per heavy atom. The molecule has 24 heavy (non-hydrogen) atoms. The number of hydrogen-bond acceptors (Lipinski definition) is 3. The van der Waals surface area contributed by atoms with Gasteiger partial charge in [-0.15, -0.1) is 0 Å². The molecule has 2 N–H and O–H groups in total. The molecule has 0 unspecified atom stereocenters. The van der Waals surface area contributed by atoms with E-state index in [9.17, 15) is 14.0 Å². The van der Waals surface area contributed by atoms with E-state index in [4.69, 9.17) is 4.74 Å². The van der Waals surface area contributed by atoms with Crippen molar-refractivity contribution in [1.29, 1.82) is 0 Å². The molecule has 2 aromatic carbocycles. The SMILES string of the molecule is COc1ccc(C(=O)Nc2ccccc2C(=O)NC2CC2)cc1F. The summed E-state index contributed by atoms with van der Waals surface area (Å²) >= 11 is 0. The summed E-state index contributed by atoms with van der Waals surface area (Å²) in [6.07, 6.45) is 1.96. The topological polar surface area (TPSA) is 67.4 Å². The number of rotatable bonds is 5. The molecule has 2 aromatic rings. The van der Waals surface area contributed by atoms with Crippen molar-refractivity contribution in [1.82, 2.24) is 5.32 Å². The number of nitrogens with one attached hydrogen (secondary N) is 2. The summed E-state index contributed by atoms with van der Waals surface area (Å²) in [5, 5.41) is 5.54. The number of anilines is 1. The second-order valence-corrected chi connectivity index (χ2v) is 5.60. The molecule has 124 valence electrons. The van der Waals surface area contributed by atoms with Crippen LogP contribution in [0.2, 0.25) is 0 Å². The summed E-state index contributed by atoms with van der Waals surface area (Å²) in [6.45, 7) is 0. The van der Waals surface area contributed by atoms with Crippen molar-refractivity contribution in [3.05, 3.63) is 59.4 Å². The molecule has 0 heterocycles. The van der Waals surface area contributed by atoms with Gasteiger partial charge in [-0.25, -0.2) is 4.39 Å². The summed E-state index contributed by atoms with van der Waals surface area (Å²) in [4.78, 5) is 24.6. The number of ether oxygens (including phenoxy) is 1. The zero-order valence-corrected chi connectivity index (χ0v) is 13.1. The Hall–Kier alpha value is -2.89. The molecule has 0 aromatic heterocycles. The number of halogens is 1. The molecular weight excluding hydrogens is 311 g/mol. The minimum absolute atomic E-state index is 0.0655. The number of hydrogen-bond donors (Lipinski definition) is 2. The summed E-state index contributed by atoms with van der Waals surface area (Å²) < 4.78 is 18.6. The maximum atomic E-state index is 13.7. The van der Waals surface area contributed by atoms with Crippen LogP contribution in [-0.2, 0) is 0 Å². The highest BCUT2D eigenvalue weighted by atomic mass is 19.1. The molecule has 0 spiro atoms. The van der Waals surface area contributed by atoms with Gasteiger partial charge in [0.1, 0.15) is 0 Å². The molecule has 0 atom stereocenters. The predicted octanol–water partition coefficient (Wildman–Crippen LogP) is 2.98. The molecule has 0 saturated heterocycles. The van der Waals surface area contributed by atoms with Crippen LogP contribution in [0.5, 0.6) is 5.75 Å². The maximum Gasteiger partial charge on any atom is 0.255 e. The molecule has 2 amide bonds. The lowest BCUT2D eigenvalue weighted by Crippen LogP contribution is -2.27. The summed E-state index contributed by atoms with van der Waals surface area (Å²) in [5.74, 6) is -1.28. The molecule has 1 saturated carbocycles. The van der Waals surface area contributed by atoms with Crippen LogP contribution >= 0.6 is 0 Å². The van der Waals surface area contributed by atoms with Crippen molar-refractivity contribution in [3.8, 4) is 5.75 Å². The van der Waals surface area contributed by atoms with Gasteiger partial charge in [-0.2, -0.15) is 0 Å². The molecule has 1 fully saturated rings. The highest BCUT2D eigenvalue weighted by Gasteiger charge is 2.25. The van der Waals surface area contributed by atoms with Crippen LogP contribution < -0.4 is 15.4 Å². The molecule has 0 radical (unpaired) electrons. The molecule has 1 aliphatic rings. The van der Waals surface area contributed by atoms with E-state index in [1.807, 2.05) is 0 Å². The van der Waals surface area contributed by atoms with Gasteiger partial charge < -0.3 is 15.4 Å². The molecule has 3 rings (SSSR count). The first-order valence-electron chi connectivity index (χ1n) is 7.63. The fourth-order valence-corrected chi connectivity index (χ4v) is 2.28. The van der Waals surface area contributed by atoms with Crippen molar-refractivity contribution in [2.24, 2.45) is 0 Å². The third-order valence-corrected chi connectivity index (χ3v) is 3.75. The molecule has 1 aliphatic carbocycles. The Morgan fingerprint density at radius 3 is 2.54 bits per heavy atom. The molecule has 5 nitrogen and oxygen atoms in total. The van der Waals surface area contributed by atoms with Gasteiger partial charge in [0.15, 0.2) is 11.6 Å². The van der Waals surface area contributed by atoms with Crippen LogP contribution in [0.25, 0.3) is 0 Å². The zero-order chi connectivity index (χ0) is 17.1. The first-order chi connectivity index (χ1) is 11.6. The third-order valence-electron chi connectivity index (χ3n) is 3.75. The average Bonchev–Trinajstić information content (AvgIpc) is 3.39. The van der Waals surface area contributed by atoms with Gasteiger partial charge in [-0.05, 0) is 43.2 Å². The van der Waals surface area contributed by atoms with Gasteiger partial charge in [0, 0.05) is 11.6 Å². The smallest absolute Gasteiger partial charge is 0.255 e. The number of amides is 2. The Labute approximate surface area is 138 Å². The second-order valence-electron chi connectivity index (χ2n) is 5.60. The molecule has 0 aliphatic heterocycles. The van der Waals surface area contributed by atoms with Gasteiger partial charge in [0.25, 0.3) is 11.8 Å². The standard InChI is InChI=1S/C18H17FN2O3/c1-24-16-9-6-11(10-14(16)19)17(22)21-15-5-3-2-4-13(15)18(23)20-12-7-8-12/h2-6,9-10,12H,7-8H2,1H3,(H,20,23)(H,21,22). The molecular formula is C18H17FN2O3. The van der Waals surface area contributed by atoms with Crippen LogP contribution in [-0.4, -0.2) is 25.0 Å². The first-order valence-corrected chi connectivity index (χ1v) is 7.63. The third kappa shape index (κ3) is 3.53. The van der Waals surface area contributed by atoms with Crippen LogP contribution in [0.4, 0.5) is 10.1 Å². The maximum absolute atomic E-state index is 13.7. The van der Waals surface area contributed by atoms with E-state index in [-0.39, 0.29) is 23.3 Å². The largest absolute Gasteiger partial charge is 0.494 e. The van der Waals surface area contributed by atoms with Crippen molar-refractivity contribution in [2.45, 2.75) is 18.9 Å². The minimum atomic E-state index is -0.620.